The van der Waals surface area contributed by atoms with Crippen molar-refractivity contribution in [3.8, 4) is 0 Å². The summed E-state index contributed by atoms with van der Waals surface area (Å²) < 4.78 is 5.33. The Morgan fingerprint density at radius 3 is 2.68 bits per heavy atom. The van der Waals surface area contributed by atoms with Gasteiger partial charge in [-0.15, -0.1) is 35.3 Å². The number of thiazole rings is 1. The lowest BCUT2D eigenvalue weighted by Gasteiger charge is -2.22. The lowest BCUT2D eigenvalue weighted by atomic mass is 10.1. The van der Waals surface area contributed by atoms with Gasteiger partial charge in [-0.3, -0.25) is 9.79 Å². The number of amides is 1. The molecule has 0 aliphatic heterocycles. The summed E-state index contributed by atoms with van der Waals surface area (Å²) in [5.74, 6) is 0.685. The van der Waals surface area contributed by atoms with Crippen LogP contribution >= 0.6 is 35.3 Å². The summed E-state index contributed by atoms with van der Waals surface area (Å²) in [6.45, 7) is 9.10. The zero-order valence-corrected chi connectivity index (χ0v) is 22.5. The highest BCUT2D eigenvalue weighted by molar-refractivity contribution is 14.0. The molecule has 1 atom stereocenters. The Kier molecular flexibility index (Phi) is 10.9. The predicted octanol–water partition coefficient (Wildman–Crippen LogP) is 4.20. The van der Waals surface area contributed by atoms with Crippen molar-refractivity contribution in [2.45, 2.75) is 52.4 Å². The lowest BCUT2D eigenvalue weighted by molar-refractivity contribution is 0.0919. The minimum atomic E-state index is -0.271. The number of guanidine groups is 1. The van der Waals surface area contributed by atoms with Crippen LogP contribution in [-0.2, 0) is 17.8 Å². The van der Waals surface area contributed by atoms with Gasteiger partial charge in [0.1, 0.15) is 11.1 Å². The van der Waals surface area contributed by atoms with Crippen LogP contribution in [-0.4, -0.2) is 48.5 Å². The van der Waals surface area contributed by atoms with E-state index in [4.69, 9.17) is 4.74 Å². The summed E-state index contributed by atoms with van der Waals surface area (Å²) in [7, 11) is 5.41. The van der Waals surface area contributed by atoms with Gasteiger partial charge in [0.2, 0.25) is 0 Å². The van der Waals surface area contributed by atoms with E-state index in [0.717, 1.165) is 22.2 Å². The van der Waals surface area contributed by atoms with Gasteiger partial charge in [-0.05, 0) is 45.4 Å². The standard InChI is InChI=1S/C22H33N5O2S.HI/c1-15(29-7)20-25-18(14-30-20)13-27(6)21(23-5)24-12-16-9-8-10-17(11-16)19(28)26-22(2,3)4;/h8-11,14-15H,12-13H2,1-7H3,(H,23,24)(H,26,28);1H. The second kappa shape index (κ2) is 12.4. The molecule has 0 aliphatic rings. The van der Waals surface area contributed by atoms with E-state index in [9.17, 15) is 4.79 Å². The van der Waals surface area contributed by atoms with Crippen LogP contribution in [0.25, 0.3) is 0 Å². The molecule has 0 aliphatic carbocycles. The van der Waals surface area contributed by atoms with Crippen LogP contribution in [0.5, 0.6) is 0 Å². The van der Waals surface area contributed by atoms with Crippen molar-refractivity contribution in [2.24, 2.45) is 4.99 Å². The highest BCUT2D eigenvalue weighted by atomic mass is 127. The van der Waals surface area contributed by atoms with Gasteiger partial charge < -0.3 is 20.3 Å². The van der Waals surface area contributed by atoms with E-state index in [0.29, 0.717) is 18.7 Å². The number of benzene rings is 1. The average Bonchev–Trinajstić information content (AvgIpc) is 3.15. The number of ether oxygens (including phenoxy) is 1. The Balaban J connectivity index is 0.00000480. The Morgan fingerprint density at radius 1 is 1.35 bits per heavy atom. The zero-order chi connectivity index (χ0) is 22.3. The normalized spacial score (nSPS) is 12.7. The van der Waals surface area contributed by atoms with Crippen LogP contribution in [0.2, 0.25) is 0 Å². The number of carbonyl (C=O) groups excluding carboxylic acids is 1. The molecule has 2 N–H and O–H groups in total. The van der Waals surface area contributed by atoms with Crippen LogP contribution < -0.4 is 10.6 Å². The SMILES string of the molecule is CN=C(NCc1cccc(C(=O)NC(C)(C)C)c1)N(C)Cc1csc(C(C)OC)n1.I. The van der Waals surface area contributed by atoms with Crippen molar-refractivity contribution in [3.63, 3.8) is 0 Å². The largest absolute Gasteiger partial charge is 0.375 e. The van der Waals surface area contributed by atoms with E-state index in [-0.39, 0.29) is 41.5 Å². The van der Waals surface area contributed by atoms with Crippen LogP contribution in [0.15, 0.2) is 34.6 Å². The summed E-state index contributed by atoms with van der Waals surface area (Å²) in [6.07, 6.45) is -0.00532. The third-order valence-corrected chi connectivity index (χ3v) is 5.43. The number of nitrogens with zero attached hydrogens (tertiary/aromatic N) is 3. The summed E-state index contributed by atoms with van der Waals surface area (Å²) in [4.78, 5) is 23.4. The fraction of sp³-hybridized carbons (Fsp3) is 0.500. The number of rotatable bonds is 7. The van der Waals surface area contributed by atoms with Crippen LogP contribution in [0.4, 0.5) is 0 Å². The van der Waals surface area contributed by atoms with E-state index < -0.39 is 0 Å². The third-order valence-electron chi connectivity index (χ3n) is 4.37. The molecule has 0 radical (unpaired) electrons. The van der Waals surface area contributed by atoms with Crippen molar-refractivity contribution in [1.82, 2.24) is 20.5 Å². The predicted molar refractivity (Wildman–Crippen MR) is 138 cm³/mol. The van der Waals surface area contributed by atoms with Crippen LogP contribution in [0, 0.1) is 0 Å². The molecule has 0 fully saturated rings. The minimum Gasteiger partial charge on any atom is -0.375 e. The van der Waals surface area contributed by atoms with Crippen molar-refractivity contribution >= 4 is 47.2 Å². The van der Waals surface area contributed by atoms with E-state index in [1.165, 1.54) is 0 Å². The number of halogens is 1. The first-order valence-corrected chi connectivity index (χ1v) is 10.8. The molecule has 0 saturated carbocycles. The van der Waals surface area contributed by atoms with Crippen molar-refractivity contribution in [2.75, 3.05) is 21.2 Å². The maximum Gasteiger partial charge on any atom is 0.251 e. The number of hydrogen-bond acceptors (Lipinski definition) is 5. The molecule has 7 nitrogen and oxygen atoms in total. The molecule has 31 heavy (non-hydrogen) atoms. The molecule has 2 rings (SSSR count). The molecule has 1 unspecified atom stereocenters. The quantitative estimate of drug-likeness (QED) is 0.302. The summed E-state index contributed by atoms with van der Waals surface area (Å²) >= 11 is 1.60. The molecule has 0 spiro atoms. The fourth-order valence-corrected chi connectivity index (χ4v) is 3.64. The number of methoxy groups -OCH3 is 1. The van der Waals surface area contributed by atoms with Gasteiger partial charge in [0, 0.05) is 44.2 Å². The Hall–Kier alpha value is -1.72. The van der Waals surface area contributed by atoms with E-state index >= 15 is 0 Å². The Bertz CT molecular complexity index is 879. The van der Waals surface area contributed by atoms with Crippen LogP contribution in [0.3, 0.4) is 0 Å². The molecule has 1 heterocycles. The average molecular weight is 560 g/mol. The van der Waals surface area contributed by atoms with Gasteiger partial charge in [0.25, 0.3) is 5.91 Å². The number of aromatic nitrogens is 1. The molecular weight excluding hydrogens is 525 g/mol. The van der Waals surface area contributed by atoms with E-state index in [2.05, 4.69) is 20.6 Å². The van der Waals surface area contributed by atoms with Gasteiger partial charge in [-0.1, -0.05) is 12.1 Å². The lowest BCUT2D eigenvalue weighted by Crippen LogP contribution is -2.40. The number of carbonyl (C=O) groups is 1. The molecule has 1 aromatic carbocycles. The molecular formula is C22H34IN5O2S. The highest BCUT2D eigenvalue weighted by Gasteiger charge is 2.16. The monoisotopic (exact) mass is 559 g/mol. The number of nitrogens with one attached hydrogen (secondary N) is 2. The summed E-state index contributed by atoms with van der Waals surface area (Å²) in [5, 5.41) is 9.36. The van der Waals surface area contributed by atoms with E-state index in [1.54, 1.807) is 25.5 Å². The molecule has 1 aromatic heterocycles. The van der Waals surface area contributed by atoms with Gasteiger partial charge >= 0.3 is 0 Å². The molecule has 0 bridgehead atoms. The molecule has 172 valence electrons. The van der Waals surface area contributed by atoms with E-state index in [1.807, 2.05) is 69.3 Å². The van der Waals surface area contributed by atoms with Gasteiger partial charge in [-0.25, -0.2) is 4.98 Å². The molecule has 2 aromatic rings. The second-order valence-electron chi connectivity index (χ2n) is 8.22. The first kappa shape index (κ1) is 27.3. The highest BCUT2D eigenvalue weighted by Crippen LogP contribution is 2.21. The molecule has 9 heteroatoms. The number of hydrogen-bond donors (Lipinski definition) is 2. The van der Waals surface area contributed by atoms with Crippen LogP contribution in [0.1, 0.15) is 60.4 Å². The second-order valence-corrected chi connectivity index (χ2v) is 9.11. The first-order chi connectivity index (χ1) is 14.1. The smallest absolute Gasteiger partial charge is 0.251 e. The fourth-order valence-electron chi connectivity index (χ4n) is 2.80. The molecule has 0 saturated heterocycles. The van der Waals surface area contributed by atoms with Crippen molar-refractivity contribution in [3.05, 3.63) is 51.5 Å². The Morgan fingerprint density at radius 2 is 2.06 bits per heavy atom. The van der Waals surface area contributed by atoms with Gasteiger partial charge in [-0.2, -0.15) is 0 Å². The minimum absolute atomic E-state index is 0. The third kappa shape index (κ3) is 8.74. The van der Waals surface area contributed by atoms with Crippen molar-refractivity contribution < 1.29 is 9.53 Å². The Labute approximate surface area is 206 Å². The van der Waals surface area contributed by atoms with Crippen molar-refractivity contribution in [1.29, 1.82) is 0 Å². The van der Waals surface area contributed by atoms with Gasteiger partial charge in [0.05, 0.1) is 12.2 Å². The maximum atomic E-state index is 12.4. The first-order valence-electron chi connectivity index (χ1n) is 9.93. The summed E-state index contributed by atoms with van der Waals surface area (Å²) in [6, 6.07) is 7.62. The topological polar surface area (TPSA) is 78.9 Å². The number of aliphatic imine (C=N–C) groups is 1. The maximum absolute atomic E-state index is 12.4. The summed E-state index contributed by atoms with van der Waals surface area (Å²) in [5.41, 5.74) is 2.36. The molecule has 1 amide bonds. The zero-order valence-electron chi connectivity index (χ0n) is 19.4. The van der Waals surface area contributed by atoms with Gasteiger partial charge in [0.15, 0.2) is 5.96 Å².